The van der Waals surface area contributed by atoms with Crippen molar-refractivity contribution in [2.45, 2.75) is 12.5 Å². The summed E-state index contributed by atoms with van der Waals surface area (Å²) in [5.41, 5.74) is -0.815. The number of carboxylic acid groups (broad SMARTS) is 1. The van der Waals surface area contributed by atoms with Crippen LogP contribution in [-0.2, 0) is 4.79 Å². The molecule has 1 atom stereocenters. The molecule has 0 aromatic heterocycles. The number of carbonyl (C=O) groups is 1. The Morgan fingerprint density at radius 2 is 2.12 bits per heavy atom. The molecular formula is C12H14N2O3. The highest BCUT2D eigenvalue weighted by Crippen LogP contribution is 2.20. The van der Waals surface area contributed by atoms with Crippen LogP contribution in [0.3, 0.4) is 0 Å². The molecule has 1 aromatic carbocycles. The van der Waals surface area contributed by atoms with Crippen LogP contribution in [0.4, 0.5) is 5.69 Å². The van der Waals surface area contributed by atoms with Crippen molar-refractivity contribution in [3.8, 4) is 6.07 Å². The summed E-state index contributed by atoms with van der Waals surface area (Å²) < 4.78 is 0. The molecule has 0 heterocycles. The number of nitriles is 1. The number of rotatable bonds is 4. The maximum absolute atomic E-state index is 10.8. The quantitative estimate of drug-likeness (QED) is 0.806. The Balaban J connectivity index is 2.95. The minimum absolute atomic E-state index is 0.0962. The van der Waals surface area contributed by atoms with Crippen LogP contribution in [0.2, 0.25) is 0 Å². The highest BCUT2D eigenvalue weighted by molar-refractivity contribution is 5.77. The smallest absolute Gasteiger partial charge is 0.337 e. The fourth-order valence-corrected chi connectivity index (χ4v) is 1.52. The second kappa shape index (κ2) is 4.85. The van der Waals surface area contributed by atoms with E-state index in [2.05, 4.69) is 0 Å². The molecule has 0 aliphatic rings. The van der Waals surface area contributed by atoms with Gasteiger partial charge in [0.05, 0.1) is 17.8 Å². The number of carboxylic acids is 1. The summed E-state index contributed by atoms with van der Waals surface area (Å²) in [6, 6.07) is 8.85. The fraction of sp³-hybridized carbons (Fsp3) is 0.333. The standard InChI is InChI=1S/C12H14N2O3/c1-12(17,11(15)16)8-14(2)10-6-4-3-5-9(10)7-13/h3-6,17H,8H2,1-2H3,(H,15,16). The number of aliphatic carboxylic acids is 1. The summed E-state index contributed by atoms with van der Waals surface area (Å²) >= 11 is 0. The number of hydrogen-bond acceptors (Lipinski definition) is 4. The van der Waals surface area contributed by atoms with Gasteiger partial charge in [-0.1, -0.05) is 12.1 Å². The zero-order valence-corrected chi connectivity index (χ0v) is 9.71. The van der Waals surface area contributed by atoms with E-state index >= 15 is 0 Å². The summed E-state index contributed by atoms with van der Waals surface area (Å²) in [6.45, 7) is 1.13. The van der Waals surface area contributed by atoms with E-state index in [-0.39, 0.29) is 6.54 Å². The van der Waals surface area contributed by atoms with Gasteiger partial charge in [-0.15, -0.1) is 0 Å². The van der Waals surface area contributed by atoms with Crippen LogP contribution in [-0.4, -0.2) is 35.4 Å². The second-order valence-electron chi connectivity index (χ2n) is 4.06. The SMILES string of the molecule is CN(CC(C)(O)C(=O)O)c1ccccc1C#N. The Hall–Kier alpha value is -2.06. The van der Waals surface area contributed by atoms with Gasteiger partial charge in [0.2, 0.25) is 0 Å². The van der Waals surface area contributed by atoms with Crippen molar-refractivity contribution in [3.05, 3.63) is 29.8 Å². The van der Waals surface area contributed by atoms with Crippen molar-refractivity contribution in [3.63, 3.8) is 0 Å². The maximum Gasteiger partial charge on any atom is 0.337 e. The van der Waals surface area contributed by atoms with Crippen molar-refractivity contribution in [2.24, 2.45) is 0 Å². The van der Waals surface area contributed by atoms with E-state index in [1.54, 1.807) is 36.2 Å². The topological polar surface area (TPSA) is 84.6 Å². The van der Waals surface area contributed by atoms with Crippen molar-refractivity contribution in [1.82, 2.24) is 0 Å². The molecule has 1 unspecified atom stereocenters. The highest BCUT2D eigenvalue weighted by atomic mass is 16.4. The molecule has 90 valence electrons. The molecule has 0 fully saturated rings. The van der Waals surface area contributed by atoms with E-state index in [1.807, 2.05) is 6.07 Å². The van der Waals surface area contributed by atoms with E-state index < -0.39 is 11.6 Å². The summed E-state index contributed by atoms with van der Waals surface area (Å²) in [4.78, 5) is 12.3. The molecule has 0 saturated carbocycles. The molecule has 0 spiro atoms. The van der Waals surface area contributed by atoms with Crippen LogP contribution in [0, 0.1) is 11.3 Å². The Bertz CT molecular complexity index is 463. The molecule has 0 saturated heterocycles. The molecular weight excluding hydrogens is 220 g/mol. The summed E-state index contributed by atoms with van der Waals surface area (Å²) in [5.74, 6) is -1.29. The molecule has 0 aliphatic heterocycles. The van der Waals surface area contributed by atoms with E-state index in [1.165, 1.54) is 6.92 Å². The molecule has 2 N–H and O–H groups in total. The third-order valence-corrected chi connectivity index (χ3v) is 2.44. The van der Waals surface area contributed by atoms with Crippen LogP contribution >= 0.6 is 0 Å². The third kappa shape index (κ3) is 2.95. The lowest BCUT2D eigenvalue weighted by Gasteiger charge is -2.27. The number of anilines is 1. The number of likely N-dealkylation sites (N-methyl/N-ethyl adjacent to an activating group) is 1. The van der Waals surface area contributed by atoms with E-state index in [9.17, 15) is 9.90 Å². The average molecular weight is 234 g/mol. The first-order chi connectivity index (χ1) is 7.88. The number of para-hydroxylation sites is 1. The fourth-order valence-electron chi connectivity index (χ4n) is 1.52. The summed E-state index contributed by atoms with van der Waals surface area (Å²) in [5, 5.41) is 27.4. The molecule has 0 amide bonds. The van der Waals surface area contributed by atoms with Gasteiger partial charge >= 0.3 is 5.97 Å². The lowest BCUT2D eigenvalue weighted by atomic mass is 10.1. The van der Waals surface area contributed by atoms with Gasteiger partial charge in [0, 0.05) is 7.05 Å². The van der Waals surface area contributed by atoms with Crippen LogP contribution < -0.4 is 4.90 Å². The number of aliphatic hydroxyl groups is 1. The summed E-state index contributed by atoms with van der Waals surface area (Å²) in [7, 11) is 1.63. The number of hydrogen-bond donors (Lipinski definition) is 2. The van der Waals surface area contributed by atoms with Gasteiger partial charge in [0.1, 0.15) is 6.07 Å². The minimum Gasteiger partial charge on any atom is -0.479 e. The van der Waals surface area contributed by atoms with Crippen molar-refractivity contribution in [2.75, 3.05) is 18.5 Å². The van der Waals surface area contributed by atoms with Crippen molar-refractivity contribution >= 4 is 11.7 Å². The Kier molecular flexibility index (Phi) is 3.71. The summed E-state index contributed by atoms with van der Waals surface area (Å²) in [6.07, 6.45) is 0. The van der Waals surface area contributed by atoms with Crippen molar-refractivity contribution < 1.29 is 15.0 Å². The van der Waals surface area contributed by atoms with Gasteiger partial charge in [-0.3, -0.25) is 0 Å². The van der Waals surface area contributed by atoms with Gasteiger partial charge < -0.3 is 15.1 Å². The Morgan fingerprint density at radius 3 is 2.65 bits per heavy atom. The first kappa shape index (κ1) is 13.0. The van der Waals surface area contributed by atoms with E-state index in [0.29, 0.717) is 11.3 Å². The van der Waals surface area contributed by atoms with E-state index in [4.69, 9.17) is 10.4 Å². The minimum atomic E-state index is -1.85. The number of benzene rings is 1. The highest BCUT2D eigenvalue weighted by Gasteiger charge is 2.31. The van der Waals surface area contributed by atoms with Gasteiger partial charge in [-0.25, -0.2) is 4.79 Å². The third-order valence-electron chi connectivity index (χ3n) is 2.44. The monoisotopic (exact) mass is 234 g/mol. The van der Waals surface area contributed by atoms with Gasteiger partial charge in [-0.2, -0.15) is 5.26 Å². The van der Waals surface area contributed by atoms with Crippen LogP contribution in [0.25, 0.3) is 0 Å². The van der Waals surface area contributed by atoms with Gasteiger partial charge in [-0.05, 0) is 19.1 Å². The second-order valence-corrected chi connectivity index (χ2v) is 4.06. The van der Waals surface area contributed by atoms with Gasteiger partial charge in [0.15, 0.2) is 5.60 Å². The van der Waals surface area contributed by atoms with Crippen LogP contribution in [0.5, 0.6) is 0 Å². The lowest BCUT2D eigenvalue weighted by Crippen LogP contribution is -2.45. The first-order valence-electron chi connectivity index (χ1n) is 5.04. The van der Waals surface area contributed by atoms with Crippen LogP contribution in [0.1, 0.15) is 12.5 Å². The zero-order valence-electron chi connectivity index (χ0n) is 9.71. The molecule has 5 nitrogen and oxygen atoms in total. The Labute approximate surface area is 99.5 Å². The molecule has 1 rings (SSSR count). The molecule has 1 aromatic rings. The molecule has 0 aliphatic carbocycles. The molecule has 17 heavy (non-hydrogen) atoms. The molecule has 0 radical (unpaired) electrons. The Morgan fingerprint density at radius 1 is 1.53 bits per heavy atom. The van der Waals surface area contributed by atoms with E-state index in [0.717, 1.165) is 0 Å². The van der Waals surface area contributed by atoms with Gasteiger partial charge in [0.25, 0.3) is 0 Å². The molecule has 5 heteroatoms. The predicted molar refractivity (Wildman–Crippen MR) is 62.7 cm³/mol. The van der Waals surface area contributed by atoms with Crippen molar-refractivity contribution in [1.29, 1.82) is 5.26 Å². The molecule has 0 bridgehead atoms. The normalized spacial score (nSPS) is 13.5. The number of nitrogens with zero attached hydrogens (tertiary/aromatic N) is 2. The zero-order chi connectivity index (χ0) is 13.1. The predicted octanol–water partition coefficient (Wildman–Crippen LogP) is 0.830. The largest absolute Gasteiger partial charge is 0.479 e. The first-order valence-corrected chi connectivity index (χ1v) is 5.04. The maximum atomic E-state index is 10.8. The lowest BCUT2D eigenvalue weighted by molar-refractivity contribution is -0.155. The van der Waals surface area contributed by atoms with Crippen LogP contribution in [0.15, 0.2) is 24.3 Å². The average Bonchev–Trinajstić information content (AvgIpc) is 2.28.